The lowest BCUT2D eigenvalue weighted by Crippen LogP contribution is -2.34. The summed E-state index contributed by atoms with van der Waals surface area (Å²) < 4.78 is 32.6. The molecular formula is C39H76NO10P. The first-order valence-corrected chi connectivity index (χ1v) is 22.1. The van der Waals surface area contributed by atoms with Gasteiger partial charge in [-0.25, -0.2) is 4.57 Å². The maximum absolute atomic E-state index is 12.5. The largest absolute Gasteiger partial charge is 0.480 e. The summed E-state index contributed by atoms with van der Waals surface area (Å²) in [5.41, 5.74) is 5.32. The second-order valence-corrected chi connectivity index (χ2v) is 15.6. The second kappa shape index (κ2) is 35.5. The highest BCUT2D eigenvalue weighted by Gasteiger charge is 2.28. The van der Waals surface area contributed by atoms with Gasteiger partial charge in [0.15, 0.2) is 6.10 Å². The van der Waals surface area contributed by atoms with Gasteiger partial charge >= 0.3 is 25.7 Å². The quantitative estimate of drug-likeness (QED) is 0.0310. The molecule has 302 valence electrons. The van der Waals surface area contributed by atoms with Gasteiger partial charge in [-0.15, -0.1) is 0 Å². The lowest BCUT2D eigenvalue weighted by molar-refractivity contribution is -0.161. The number of ether oxygens (including phenoxy) is 2. The fourth-order valence-corrected chi connectivity index (χ4v) is 6.61. The summed E-state index contributed by atoms with van der Waals surface area (Å²) in [7, 11) is -4.70. The number of rotatable bonds is 39. The number of esters is 2. The Balaban J connectivity index is 4.32. The Hall–Kier alpha value is -1.52. The molecule has 0 aliphatic rings. The number of carboxylic acid groups (broad SMARTS) is 1. The van der Waals surface area contributed by atoms with Crippen LogP contribution in [-0.2, 0) is 37.5 Å². The van der Waals surface area contributed by atoms with Crippen LogP contribution in [0.25, 0.3) is 0 Å². The predicted molar refractivity (Wildman–Crippen MR) is 203 cm³/mol. The van der Waals surface area contributed by atoms with Gasteiger partial charge in [-0.05, 0) is 12.8 Å². The average Bonchev–Trinajstić information content (AvgIpc) is 3.10. The van der Waals surface area contributed by atoms with Crippen molar-refractivity contribution in [2.24, 2.45) is 5.73 Å². The van der Waals surface area contributed by atoms with Crippen LogP contribution in [0.5, 0.6) is 0 Å². The standard InChI is InChI=1S/C39H76NO10P/c1-3-5-7-9-11-13-15-16-17-18-19-21-22-24-26-28-30-37(41)47-32-35(33-48-51(45,46)49-34-36(40)39(43)44)50-38(42)31-29-27-25-23-20-14-12-10-8-6-4-2/h35-36H,3-34,40H2,1-2H3,(H,43,44)(H,45,46)/t35-,36+/m1/s1. The predicted octanol–water partition coefficient (Wildman–Crippen LogP) is 10.3. The first kappa shape index (κ1) is 49.5. The molecule has 0 aromatic rings. The molecule has 51 heavy (non-hydrogen) atoms. The highest BCUT2D eigenvalue weighted by atomic mass is 31.2. The molecule has 0 aromatic carbocycles. The highest BCUT2D eigenvalue weighted by Crippen LogP contribution is 2.43. The molecular weight excluding hydrogens is 673 g/mol. The van der Waals surface area contributed by atoms with Gasteiger partial charge in [-0.3, -0.25) is 23.4 Å². The number of nitrogens with two attached hydrogens (primary N) is 1. The molecule has 0 aliphatic carbocycles. The fourth-order valence-electron chi connectivity index (χ4n) is 5.83. The van der Waals surface area contributed by atoms with Gasteiger partial charge in [-0.2, -0.15) is 0 Å². The minimum Gasteiger partial charge on any atom is -0.480 e. The third-order valence-electron chi connectivity index (χ3n) is 9.11. The molecule has 0 amide bonds. The first-order valence-electron chi connectivity index (χ1n) is 20.6. The summed E-state index contributed by atoms with van der Waals surface area (Å²) >= 11 is 0. The Morgan fingerprint density at radius 1 is 0.529 bits per heavy atom. The molecule has 0 saturated carbocycles. The summed E-state index contributed by atoms with van der Waals surface area (Å²) in [4.78, 5) is 45.8. The zero-order valence-corrected chi connectivity index (χ0v) is 33.4. The van der Waals surface area contributed by atoms with Crippen LogP contribution < -0.4 is 5.73 Å². The molecule has 0 saturated heterocycles. The smallest absolute Gasteiger partial charge is 0.472 e. The number of carboxylic acids is 1. The van der Waals surface area contributed by atoms with Crippen molar-refractivity contribution in [2.45, 2.75) is 212 Å². The van der Waals surface area contributed by atoms with Crippen molar-refractivity contribution in [1.82, 2.24) is 0 Å². The number of hydrogen-bond donors (Lipinski definition) is 3. The van der Waals surface area contributed by atoms with Crippen molar-refractivity contribution in [3.05, 3.63) is 0 Å². The van der Waals surface area contributed by atoms with Crippen LogP contribution in [0.4, 0.5) is 0 Å². The Morgan fingerprint density at radius 2 is 0.863 bits per heavy atom. The fraction of sp³-hybridized carbons (Fsp3) is 0.923. The highest BCUT2D eigenvalue weighted by molar-refractivity contribution is 7.47. The molecule has 0 heterocycles. The molecule has 0 radical (unpaired) electrons. The zero-order valence-electron chi connectivity index (χ0n) is 32.5. The molecule has 0 fully saturated rings. The van der Waals surface area contributed by atoms with E-state index < -0.39 is 51.1 Å². The van der Waals surface area contributed by atoms with Crippen molar-refractivity contribution >= 4 is 25.7 Å². The van der Waals surface area contributed by atoms with Crippen molar-refractivity contribution in [2.75, 3.05) is 19.8 Å². The third-order valence-corrected chi connectivity index (χ3v) is 10.1. The molecule has 0 aliphatic heterocycles. The van der Waals surface area contributed by atoms with Crippen LogP contribution in [0, 0.1) is 0 Å². The minimum atomic E-state index is -4.70. The van der Waals surface area contributed by atoms with Crippen LogP contribution >= 0.6 is 7.82 Å². The number of carbonyl (C=O) groups is 3. The molecule has 0 bridgehead atoms. The van der Waals surface area contributed by atoms with Gasteiger partial charge in [0.05, 0.1) is 13.2 Å². The van der Waals surface area contributed by atoms with Crippen molar-refractivity contribution < 1.29 is 47.5 Å². The van der Waals surface area contributed by atoms with Gasteiger partial charge in [0.2, 0.25) is 0 Å². The lowest BCUT2D eigenvalue weighted by Gasteiger charge is -2.20. The van der Waals surface area contributed by atoms with Crippen LogP contribution in [0.2, 0.25) is 0 Å². The van der Waals surface area contributed by atoms with Crippen molar-refractivity contribution in [1.29, 1.82) is 0 Å². The van der Waals surface area contributed by atoms with E-state index in [-0.39, 0.29) is 19.4 Å². The number of unbranched alkanes of at least 4 members (excludes halogenated alkanes) is 25. The molecule has 3 atom stereocenters. The van der Waals surface area contributed by atoms with Crippen LogP contribution in [0.3, 0.4) is 0 Å². The number of aliphatic carboxylic acids is 1. The molecule has 0 aromatic heterocycles. The summed E-state index contributed by atoms with van der Waals surface area (Å²) in [5.74, 6) is -2.36. The molecule has 0 spiro atoms. The van der Waals surface area contributed by atoms with E-state index in [2.05, 4.69) is 18.4 Å². The molecule has 1 unspecified atom stereocenters. The van der Waals surface area contributed by atoms with E-state index >= 15 is 0 Å². The van der Waals surface area contributed by atoms with E-state index in [0.29, 0.717) is 12.8 Å². The lowest BCUT2D eigenvalue weighted by atomic mass is 10.0. The second-order valence-electron chi connectivity index (χ2n) is 14.1. The SMILES string of the molecule is CCCCCCCCCCCCCCCCCCC(=O)OC[C@H](COP(=O)(O)OC[C@H](N)C(=O)O)OC(=O)CCCCCCCCCCCCC. The van der Waals surface area contributed by atoms with E-state index in [1.54, 1.807) is 0 Å². The Labute approximate surface area is 310 Å². The van der Waals surface area contributed by atoms with Gasteiger partial charge < -0.3 is 25.2 Å². The van der Waals surface area contributed by atoms with E-state index in [1.807, 2.05) is 0 Å². The Bertz CT molecular complexity index is 890. The monoisotopic (exact) mass is 750 g/mol. The van der Waals surface area contributed by atoms with E-state index in [1.165, 1.54) is 122 Å². The number of phosphoric ester groups is 1. The first-order chi connectivity index (χ1) is 24.6. The van der Waals surface area contributed by atoms with E-state index in [0.717, 1.165) is 38.5 Å². The van der Waals surface area contributed by atoms with Gasteiger partial charge in [0.25, 0.3) is 0 Å². The number of phosphoric acid groups is 1. The van der Waals surface area contributed by atoms with Crippen LogP contribution in [-0.4, -0.2) is 59.9 Å². The van der Waals surface area contributed by atoms with Crippen molar-refractivity contribution in [3.8, 4) is 0 Å². The molecule has 12 heteroatoms. The minimum absolute atomic E-state index is 0.168. The Morgan fingerprint density at radius 3 is 1.24 bits per heavy atom. The van der Waals surface area contributed by atoms with Crippen LogP contribution in [0.15, 0.2) is 0 Å². The van der Waals surface area contributed by atoms with Gasteiger partial charge in [0.1, 0.15) is 12.6 Å². The summed E-state index contributed by atoms with van der Waals surface area (Å²) in [5, 5.41) is 8.86. The summed E-state index contributed by atoms with van der Waals surface area (Å²) in [6.45, 7) is 2.81. The van der Waals surface area contributed by atoms with Crippen LogP contribution in [0.1, 0.15) is 200 Å². The maximum Gasteiger partial charge on any atom is 0.472 e. The summed E-state index contributed by atoms with van der Waals surface area (Å²) in [6.07, 6.45) is 31.7. The van der Waals surface area contributed by atoms with Crippen molar-refractivity contribution in [3.63, 3.8) is 0 Å². The normalized spacial score (nSPS) is 13.8. The average molecular weight is 750 g/mol. The third kappa shape index (κ3) is 35.3. The summed E-state index contributed by atoms with van der Waals surface area (Å²) in [6, 6.07) is -1.51. The molecule has 4 N–H and O–H groups in total. The molecule has 11 nitrogen and oxygen atoms in total. The van der Waals surface area contributed by atoms with Gasteiger partial charge in [-0.1, -0.05) is 174 Å². The van der Waals surface area contributed by atoms with E-state index in [4.69, 9.17) is 24.8 Å². The zero-order chi connectivity index (χ0) is 37.8. The Kier molecular flexibility index (Phi) is 34.4. The topological polar surface area (TPSA) is 172 Å². The van der Waals surface area contributed by atoms with Gasteiger partial charge in [0, 0.05) is 12.8 Å². The molecule has 0 rings (SSSR count). The maximum atomic E-state index is 12.5. The number of carbonyl (C=O) groups excluding carboxylic acids is 2. The van der Waals surface area contributed by atoms with E-state index in [9.17, 15) is 23.8 Å². The number of hydrogen-bond acceptors (Lipinski definition) is 9.